The summed E-state index contributed by atoms with van der Waals surface area (Å²) in [5, 5.41) is 0. The predicted octanol–water partition coefficient (Wildman–Crippen LogP) is 1.74. The number of piperidine rings is 1. The molecule has 0 aliphatic carbocycles. The molecular weight excluding hydrogens is 231 g/mol. The fraction of sp³-hybridized carbons (Fsp3) is 0.500. The van der Waals surface area contributed by atoms with E-state index in [1.165, 1.54) is 6.07 Å². The SMILES string of the molecule is Cc1ccc(F)c(C(=O)CN2CCC(N)CC2)c1. The molecule has 1 aliphatic rings. The third-order valence-electron chi connectivity index (χ3n) is 3.42. The Morgan fingerprint density at radius 2 is 2.11 bits per heavy atom. The number of hydrogen-bond acceptors (Lipinski definition) is 3. The molecule has 1 aromatic rings. The number of hydrogen-bond donors (Lipinski definition) is 1. The zero-order valence-corrected chi connectivity index (χ0v) is 10.7. The van der Waals surface area contributed by atoms with Crippen molar-refractivity contribution >= 4 is 5.78 Å². The predicted molar refractivity (Wildman–Crippen MR) is 69.1 cm³/mol. The largest absolute Gasteiger partial charge is 0.328 e. The number of halogens is 1. The molecule has 1 saturated heterocycles. The Labute approximate surface area is 107 Å². The van der Waals surface area contributed by atoms with Crippen molar-refractivity contribution in [2.75, 3.05) is 19.6 Å². The van der Waals surface area contributed by atoms with Gasteiger partial charge in [-0.3, -0.25) is 9.69 Å². The number of ketones is 1. The molecule has 0 unspecified atom stereocenters. The van der Waals surface area contributed by atoms with Gasteiger partial charge >= 0.3 is 0 Å². The molecule has 0 atom stereocenters. The van der Waals surface area contributed by atoms with Crippen LogP contribution in [-0.2, 0) is 0 Å². The molecule has 18 heavy (non-hydrogen) atoms. The van der Waals surface area contributed by atoms with Crippen LogP contribution in [0.25, 0.3) is 0 Å². The van der Waals surface area contributed by atoms with Crippen LogP contribution in [0.5, 0.6) is 0 Å². The monoisotopic (exact) mass is 250 g/mol. The first-order valence-electron chi connectivity index (χ1n) is 6.33. The van der Waals surface area contributed by atoms with E-state index in [1.807, 2.05) is 11.8 Å². The molecule has 1 heterocycles. The van der Waals surface area contributed by atoms with Gasteiger partial charge in [-0.15, -0.1) is 0 Å². The summed E-state index contributed by atoms with van der Waals surface area (Å²) in [4.78, 5) is 14.1. The number of Topliss-reactive ketones (excluding diaryl/α,β-unsaturated/α-hetero) is 1. The van der Waals surface area contributed by atoms with E-state index in [1.54, 1.807) is 12.1 Å². The lowest BCUT2D eigenvalue weighted by molar-refractivity contribution is 0.0906. The highest BCUT2D eigenvalue weighted by Crippen LogP contribution is 2.13. The Balaban J connectivity index is 2.01. The van der Waals surface area contributed by atoms with Crippen LogP contribution in [0.3, 0.4) is 0 Å². The molecule has 2 N–H and O–H groups in total. The molecule has 2 rings (SSSR count). The van der Waals surface area contributed by atoms with Gasteiger partial charge in [-0.05, 0) is 31.9 Å². The van der Waals surface area contributed by atoms with Gasteiger partial charge in [0.1, 0.15) is 5.82 Å². The van der Waals surface area contributed by atoms with Crippen LogP contribution in [0.2, 0.25) is 0 Å². The summed E-state index contributed by atoms with van der Waals surface area (Å²) >= 11 is 0. The molecule has 1 fully saturated rings. The molecule has 0 bridgehead atoms. The summed E-state index contributed by atoms with van der Waals surface area (Å²) in [5.41, 5.74) is 6.91. The number of aryl methyl sites for hydroxylation is 1. The first kappa shape index (κ1) is 13.2. The van der Waals surface area contributed by atoms with Crippen molar-refractivity contribution in [2.45, 2.75) is 25.8 Å². The van der Waals surface area contributed by atoms with Crippen molar-refractivity contribution < 1.29 is 9.18 Å². The summed E-state index contributed by atoms with van der Waals surface area (Å²) in [6.45, 7) is 3.78. The highest BCUT2D eigenvalue weighted by molar-refractivity contribution is 5.98. The van der Waals surface area contributed by atoms with E-state index in [4.69, 9.17) is 5.73 Å². The second-order valence-corrected chi connectivity index (χ2v) is 5.02. The molecule has 0 amide bonds. The van der Waals surface area contributed by atoms with Crippen LogP contribution in [0.4, 0.5) is 4.39 Å². The molecule has 1 aromatic carbocycles. The fourth-order valence-corrected chi connectivity index (χ4v) is 2.25. The van der Waals surface area contributed by atoms with Crippen molar-refractivity contribution in [1.82, 2.24) is 4.90 Å². The van der Waals surface area contributed by atoms with Crippen molar-refractivity contribution in [3.8, 4) is 0 Å². The maximum atomic E-state index is 13.6. The Kier molecular flexibility index (Phi) is 4.09. The topological polar surface area (TPSA) is 46.3 Å². The number of nitrogens with two attached hydrogens (primary N) is 1. The van der Waals surface area contributed by atoms with E-state index in [0.29, 0.717) is 0 Å². The first-order valence-corrected chi connectivity index (χ1v) is 6.33. The Morgan fingerprint density at radius 3 is 2.78 bits per heavy atom. The lowest BCUT2D eigenvalue weighted by Crippen LogP contribution is -2.42. The smallest absolute Gasteiger partial charge is 0.179 e. The molecule has 1 aliphatic heterocycles. The van der Waals surface area contributed by atoms with Gasteiger partial charge in [-0.1, -0.05) is 11.6 Å². The molecule has 3 nitrogen and oxygen atoms in total. The zero-order valence-electron chi connectivity index (χ0n) is 10.7. The van der Waals surface area contributed by atoms with Crippen molar-refractivity contribution in [2.24, 2.45) is 5.73 Å². The summed E-state index contributed by atoms with van der Waals surface area (Å²) in [6, 6.07) is 4.89. The summed E-state index contributed by atoms with van der Waals surface area (Å²) < 4.78 is 13.6. The maximum absolute atomic E-state index is 13.6. The van der Waals surface area contributed by atoms with E-state index < -0.39 is 5.82 Å². The van der Waals surface area contributed by atoms with Gasteiger partial charge < -0.3 is 5.73 Å². The van der Waals surface area contributed by atoms with E-state index in [9.17, 15) is 9.18 Å². The van der Waals surface area contributed by atoms with Crippen molar-refractivity contribution in [3.05, 3.63) is 35.1 Å². The number of nitrogens with zero attached hydrogens (tertiary/aromatic N) is 1. The standard InChI is InChI=1S/C14H19FN2O/c1-10-2-3-13(15)12(8-10)14(18)9-17-6-4-11(16)5-7-17/h2-3,8,11H,4-7,9,16H2,1H3. The molecule has 98 valence electrons. The van der Waals surface area contributed by atoms with Crippen molar-refractivity contribution in [1.29, 1.82) is 0 Å². The van der Waals surface area contributed by atoms with Crippen LogP contribution >= 0.6 is 0 Å². The van der Waals surface area contributed by atoms with Gasteiger partial charge in [0.2, 0.25) is 0 Å². The molecule has 0 saturated carbocycles. The minimum absolute atomic E-state index is 0.147. The van der Waals surface area contributed by atoms with Gasteiger partial charge in [0.15, 0.2) is 5.78 Å². The van der Waals surface area contributed by atoms with Crippen LogP contribution in [0, 0.1) is 12.7 Å². The summed E-state index contributed by atoms with van der Waals surface area (Å²) in [7, 11) is 0. The van der Waals surface area contributed by atoms with E-state index >= 15 is 0 Å². The lowest BCUT2D eigenvalue weighted by atomic mass is 10.0. The Bertz CT molecular complexity index is 439. The molecular formula is C14H19FN2O. The maximum Gasteiger partial charge on any atom is 0.179 e. The normalized spacial score (nSPS) is 17.9. The quantitative estimate of drug-likeness (QED) is 0.831. The van der Waals surface area contributed by atoms with Gasteiger partial charge in [0.05, 0.1) is 12.1 Å². The Morgan fingerprint density at radius 1 is 1.44 bits per heavy atom. The van der Waals surface area contributed by atoms with Crippen LogP contribution in [-0.4, -0.2) is 36.4 Å². The molecule has 0 radical (unpaired) electrons. The third-order valence-corrected chi connectivity index (χ3v) is 3.42. The number of benzene rings is 1. The minimum Gasteiger partial charge on any atom is -0.328 e. The number of carbonyl (C=O) groups is 1. The second-order valence-electron chi connectivity index (χ2n) is 5.02. The summed E-state index contributed by atoms with van der Waals surface area (Å²) in [5.74, 6) is -0.578. The van der Waals surface area contributed by atoms with Gasteiger partial charge in [-0.25, -0.2) is 4.39 Å². The average molecular weight is 250 g/mol. The highest BCUT2D eigenvalue weighted by Gasteiger charge is 2.20. The lowest BCUT2D eigenvalue weighted by Gasteiger charge is -2.29. The van der Waals surface area contributed by atoms with Gasteiger partial charge in [-0.2, -0.15) is 0 Å². The molecule has 4 heteroatoms. The Hall–Kier alpha value is -1.26. The average Bonchev–Trinajstić information content (AvgIpc) is 2.35. The third kappa shape index (κ3) is 3.15. The number of carbonyl (C=O) groups excluding carboxylic acids is 1. The van der Waals surface area contributed by atoms with Gasteiger partial charge in [0, 0.05) is 19.1 Å². The van der Waals surface area contributed by atoms with Crippen LogP contribution in [0.1, 0.15) is 28.8 Å². The number of rotatable bonds is 3. The second kappa shape index (κ2) is 5.59. The minimum atomic E-state index is -0.431. The van der Waals surface area contributed by atoms with Crippen LogP contribution in [0.15, 0.2) is 18.2 Å². The van der Waals surface area contributed by atoms with Crippen LogP contribution < -0.4 is 5.73 Å². The first-order chi connectivity index (χ1) is 8.56. The van der Waals surface area contributed by atoms with E-state index in [0.717, 1.165) is 31.5 Å². The summed E-state index contributed by atoms with van der Waals surface area (Å²) in [6.07, 6.45) is 1.81. The van der Waals surface area contributed by atoms with Crippen molar-refractivity contribution in [3.63, 3.8) is 0 Å². The zero-order chi connectivity index (χ0) is 13.1. The van der Waals surface area contributed by atoms with E-state index in [-0.39, 0.29) is 23.9 Å². The highest BCUT2D eigenvalue weighted by atomic mass is 19.1. The molecule has 0 spiro atoms. The van der Waals surface area contributed by atoms with Gasteiger partial charge in [0.25, 0.3) is 0 Å². The molecule has 0 aromatic heterocycles. The number of likely N-dealkylation sites (tertiary alicyclic amines) is 1. The fourth-order valence-electron chi connectivity index (χ4n) is 2.25. The van der Waals surface area contributed by atoms with E-state index in [2.05, 4.69) is 0 Å².